The summed E-state index contributed by atoms with van der Waals surface area (Å²) in [6.07, 6.45) is 2.89. The molecule has 2 heteroatoms. The van der Waals surface area contributed by atoms with Crippen LogP contribution in [0.25, 0.3) is 0 Å². The van der Waals surface area contributed by atoms with Crippen LogP contribution in [0.4, 0.5) is 0 Å². The van der Waals surface area contributed by atoms with Crippen molar-refractivity contribution in [2.75, 3.05) is 0 Å². The Morgan fingerprint density at radius 3 is 2.64 bits per heavy atom. The third kappa shape index (κ3) is 2.56. The largest absolute Gasteiger partial charge is 0.393 e. The molecule has 1 aliphatic carbocycles. The van der Waals surface area contributed by atoms with Gasteiger partial charge in [-0.3, -0.25) is 0 Å². The van der Waals surface area contributed by atoms with Crippen molar-refractivity contribution in [3.63, 3.8) is 0 Å². The number of benzene rings is 1. The summed E-state index contributed by atoms with van der Waals surface area (Å²) < 4.78 is 0. The Kier molecular flexibility index (Phi) is 3.17. The highest BCUT2D eigenvalue weighted by atomic mass is 16.3. The molecule has 1 fully saturated rings. The lowest BCUT2D eigenvalue weighted by Crippen LogP contribution is -2.26. The van der Waals surface area contributed by atoms with E-state index in [0.717, 1.165) is 25.8 Å². The zero-order chi connectivity index (χ0) is 9.80. The van der Waals surface area contributed by atoms with Crippen molar-refractivity contribution in [1.29, 1.82) is 0 Å². The number of hydrogen-bond acceptors (Lipinski definition) is 2. The van der Waals surface area contributed by atoms with E-state index < -0.39 is 0 Å². The molecule has 0 bridgehead atoms. The van der Waals surface area contributed by atoms with Crippen LogP contribution in [-0.2, 0) is 6.54 Å². The monoisotopic (exact) mass is 191 g/mol. The van der Waals surface area contributed by atoms with Gasteiger partial charge in [-0.15, -0.1) is 0 Å². The van der Waals surface area contributed by atoms with Crippen molar-refractivity contribution >= 4 is 0 Å². The fraction of sp³-hybridized carbons (Fsp3) is 0.500. The summed E-state index contributed by atoms with van der Waals surface area (Å²) >= 11 is 0. The Morgan fingerprint density at radius 2 is 2.00 bits per heavy atom. The molecule has 0 saturated heterocycles. The molecule has 0 aromatic heterocycles. The minimum absolute atomic E-state index is 0.0803. The van der Waals surface area contributed by atoms with Gasteiger partial charge in [-0.2, -0.15) is 0 Å². The molecule has 1 saturated carbocycles. The molecule has 0 amide bonds. The Labute approximate surface area is 85.0 Å². The second-order valence-electron chi connectivity index (χ2n) is 4.03. The maximum absolute atomic E-state index is 9.36. The maximum Gasteiger partial charge on any atom is 0.0555 e. The second kappa shape index (κ2) is 4.58. The van der Waals surface area contributed by atoms with E-state index in [0.29, 0.717) is 6.04 Å². The van der Waals surface area contributed by atoms with Gasteiger partial charge in [0.25, 0.3) is 0 Å². The van der Waals surface area contributed by atoms with Crippen LogP contribution >= 0.6 is 0 Å². The molecule has 0 radical (unpaired) electrons. The zero-order valence-electron chi connectivity index (χ0n) is 8.32. The molecule has 1 aromatic carbocycles. The summed E-state index contributed by atoms with van der Waals surface area (Å²) in [4.78, 5) is 0. The number of aliphatic hydroxyl groups is 1. The van der Waals surface area contributed by atoms with E-state index in [9.17, 15) is 5.11 Å². The molecular formula is C12H17NO. The predicted molar refractivity (Wildman–Crippen MR) is 56.9 cm³/mol. The minimum atomic E-state index is -0.0803. The number of aliphatic hydroxyl groups excluding tert-OH is 1. The first-order chi connectivity index (χ1) is 6.84. The van der Waals surface area contributed by atoms with Gasteiger partial charge in [0.2, 0.25) is 0 Å². The molecular weight excluding hydrogens is 174 g/mol. The summed E-state index contributed by atoms with van der Waals surface area (Å²) in [6.45, 7) is 0.915. The Bertz CT molecular complexity index is 273. The van der Waals surface area contributed by atoms with Crippen LogP contribution in [0.15, 0.2) is 30.3 Å². The third-order valence-corrected chi connectivity index (χ3v) is 2.84. The highest BCUT2D eigenvalue weighted by molar-refractivity contribution is 5.14. The minimum Gasteiger partial charge on any atom is -0.393 e. The fourth-order valence-electron chi connectivity index (χ4n) is 2.00. The van der Waals surface area contributed by atoms with Gasteiger partial charge in [-0.1, -0.05) is 30.3 Å². The molecule has 1 aromatic rings. The van der Waals surface area contributed by atoms with Gasteiger partial charge in [0, 0.05) is 12.6 Å². The highest BCUT2D eigenvalue weighted by Crippen LogP contribution is 2.18. The number of rotatable bonds is 3. The second-order valence-corrected chi connectivity index (χ2v) is 4.03. The lowest BCUT2D eigenvalue weighted by atomic mass is 10.2. The lowest BCUT2D eigenvalue weighted by molar-refractivity contribution is 0.179. The van der Waals surface area contributed by atoms with Crippen LogP contribution in [0.1, 0.15) is 24.8 Å². The van der Waals surface area contributed by atoms with Crippen LogP contribution < -0.4 is 5.32 Å². The van der Waals surface area contributed by atoms with Crippen LogP contribution in [-0.4, -0.2) is 17.3 Å². The van der Waals surface area contributed by atoms with Crippen LogP contribution in [0, 0.1) is 0 Å². The van der Waals surface area contributed by atoms with Crippen LogP contribution in [0.2, 0.25) is 0 Å². The van der Waals surface area contributed by atoms with Gasteiger partial charge in [0.15, 0.2) is 0 Å². The van der Waals surface area contributed by atoms with Crippen molar-refractivity contribution < 1.29 is 5.11 Å². The van der Waals surface area contributed by atoms with Gasteiger partial charge in [-0.25, -0.2) is 0 Å². The average molecular weight is 191 g/mol. The molecule has 2 rings (SSSR count). The molecule has 0 aliphatic heterocycles. The van der Waals surface area contributed by atoms with E-state index in [1.54, 1.807) is 0 Å². The van der Waals surface area contributed by atoms with Crippen LogP contribution in [0.3, 0.4) is 0 Å². The molecule has 14 heavy (non-hydrogen) atoms. The fourth-order valence-corrected chi connectivity index (χ4v) is 2.00. The molecule has 76 valence electrons. The van der Waals surface area contributed by atoms with Crippen molar-refractivity contribution in [2.24, 2.45) is 0 Å². The van der Waals surface area contributed by atoms with Crippen molar-refractivity contribution in [1.82, 2.24) is 5.32 Å². The zero-order valence-corrected chi connectivity index (χ0v) is 8.32. The van der Waals surface area contributed by atoms with Gasteiger partial charge >= 0.3 is 0 Å². The maximum atomic E-state index is 9.36. The topological polar surface area (TPSA) is 32.3 Å². The SMILES string of the molecule is OC1CCC(NCc2ccccc2)C1. The summed E-state index contributed by atoms with van der Waals surface area (Å²) in [5.41, 5.74) is 1.31. The number of hydrogen-bond donors (Lipinski definition) is 2. The van der Waals surface area contributed by atoms with Crippen molar-refractivity contribution in [2.45, 2.75) is 38.0 Å². The Hall–Kier alpha value is -0.860. The van der Waals surface area contributed by atoms with Gasteiger partial charge in [0.05, 0.1) is 6.10 Å². The highest BCUT2D eigenvalue weighted by Gasteiger charge is 2.21. The van der Waals surface area contributed by atoms with E-state index in [1.165, 1.54) is 5.56 Å². The smallest absolute Gasteiger partial charge is 0.0555 e. The van der Waals surface area contributed by atoms with Crippen LogP contribution in [0.5, 0.6) is 0 Å². The molecule has 0 heterocycles. The molecule has 2 N–H and O–H groups in total. The number of nitrogens with one attached hydrogen (secondary N) is 1. The Balaban J connectivity index is 1.78. The lowest BCUT2D eigenvalue weighted by Gasteiger charge is -2.11. The third-order valence-electron chi connectivity index (χ3n) is 2.84. The van der Waals surface area contributed by atoms with Gasteiger partial charge in [-0.05, 0) is 24.8 Å². The molecule has 2 atom stereocenters. The summed E-state index contributed by atoms with van der Waals surface area (Å²) in [5, 5.41) is 12.8. The van der Waals surface area contributed by atoms with Gasteiger partial charge < -0.3 is 10.4 Å². The van der Waals surface area contributed by atoms with Crippen molar-refractivity contribution in [3.8, 4) is 0 Å². The summed E-state index contributed by atoms with van der Waals surface area (Å²) in [5.74, 6) is 0. The summed E-state index contributed by atoms with van der Waals surface area (Å²) in [6, 6.07) is 10.9. The molecule has 1 aliphatic rings. The van der Waals surface area contributed by atoms with Gasteiger partial charge in [0.1, 0.15) is 0 Å². The molecule has 2 unspecified atom stereocenters. The van der Waals surface area contributed by atoms with E-state index in [1.807, 2.05) is 6.07 Å². The first-order valence-corrected chi connectivity index (χ1v) is 5.30. The predicted octanol–water partition coefficient (Wildman–Crippen LogP) is 1.69. The summed E-state index contributed by atoms with van der Waals surface area (Å²) in [7, 11) is 0. The van der Waals surface area contributed by atoms with E-state index in [4.69, 9.17) is 0 Å². The first-order valence-electron chi connectivity index (χ1n) is 5.30. The van der Waals surface area contributed by atoms with E-state index in [-0.39, 0.29) is 6.10 Å². The molecule has 2 nitrogen and oxygen atoms in total. The Morgan fingerprint density at radius 1 is 1.21 bits per heavy atom. The average Bonchev–Trinajstić information content (AvgIpc) is 2.63. The normalized spacial score (nSPS) is 26.6. The van der Waals surface area contributed by atoms with E-state index in [2.05, 4.69) is 29.6 Å². The standard InChI is InChI=1S/C12H17NO/c14-12-7-6-11(8-12)13-9-10-4-2-1-3-5-10/h1-5,11-14H,6-9H2. The molecule has 0 spiro atoms. The first kappa shape index (κ1) is 9.69. The quantitative estimate of drug-likeness (QED) is 0.762. The van der Waals surface area contributed by atoms with Crippen molar-refractivity contribution in [3.05, 3.63) is 35.9 Å². The van der Waals surface area contributed by atoms with E-state index >= 15 is 0 Å².